The second-order valence-electron chi connectivity index (χ2n) is 9.47. The van der Waals surface area contributed by atoms with Crippen LogP contribution in [-0.2, 0) is 0 Å². The van der Waals surface area contributed by atoms with Gasteiger partial charge < -0.3 is 19.1 Å². The number of rotatable bonds is 6. The van der Waals surface area contributed by atoms with E-state index in [-0.39, 0.29) is 6.04 Å². The molecule has 3 aromatic rings. The quantitative estimate of drug-likeness (QED) is 0.332. The van der Waals surface area contributed by atoms with Crippen molar-refractivity contribution in [1.29, 1.82) is 0 Å². The van der Waals surface area contributed by atoms with Gasteiger partial charge in [-0.1, -0.05) is 36.0 Å². The Morgan fingerprint density at radius 2 is 1.58 bits per heavy atom. The first-order valence-corrected chi connectivity index (χ1v) is 13.7. The van der Waals surface area contributed by atoms with Crippen LogP contribution in [0.4, 0.5) is 0 Å². The standard InChI is InChI=1S/C32H30N2O3S/c1-35-25-15-13-22(14-16-25)29-20-38-32-33-30-23(17-21-7-4-10-26(18-21)36-2)8-6-12-28(30)31(34(29)32)24-9-5-11-27(19-24)37-3/h4-5,7,9-11,13-20,31H,6,8,12H2,1-3H3/b23-17+/t31-/m1/s1. The van der Waals surface area contributed by atoms with E-state index in [2.05, 4.69) is 58.8 Å². The molecule has 0 unspecified atom stereocenters. The Morgan fingerprint density at radius 1 is 0.842 bits per heavy atom. The first-order valence-electron chi connectivity index (χ1n) is 12.8. The number of fused-ring (bicyclic) bond motifs is 1. The Bertz CT molecular complexity index is 1490. The summed E-state index contributed by atoms with van der Waals surface area (Å²) in [6, 6.07) is 25.0. The highest BCUT2D eigenvalue weighted by molar-refractivity contribution is 8.16. The molecule has 192 valence electrons. The third kappa shape index (κ3) is 4.50. The minimum atomic E-state index is 0.0324. The summed E-state index contributed by atoms with van der Waals surface area (Å²) >= 11 is 1.69. The minimum absolute atomic E-state index is 0.0324. The van der Waals surface area contributed by atoms with Gasteiger partial charge in [-0.3, -0.25) is 0 Å². The lowest BCUT2D eigenvalue weighted by atomic mass is 9.82. The molecular weight excluding hydrogens is 492 g/mol. The van der Waals surface area contributed by atoms with Crippen molar-refractivity contribution in [1.82, 2.24) is 4.90 Å². The van der Waals surface area contributed by atoms with E-state index in [0.29, 0.717) is 0 Å². The molecule has 0 fully saturated rings. The largest absolute Gasteiger partial charge is 0.497 e. The average Bonchev–Trinajstić information content (AvgIpc) is 3.40. The average molecular weight is 523 g/mol. The van der Waals surface area contributed by atoms with Crippen LogP contribution in [-0.4, -0.2) is 31.4 Å². The lowest BCUT2D eigenvalue weighted by molar-refractivity contribution is 0.410. The predicted octanol–water partition coefficient (Wildman–Crippen LogP) is 7.69. The van der Waals surface area contributed by atoms with Crippen molar-refractivity contribution < 1.29 is 14.2 Å². The number of hydrogen-bond acceptors (Lipinski definition) is 6. The molecule has 0 amide bonds. The van der Waals surface area contributed by atoms with Gasteiger partial charge >= 0.3 is 0 Å². The molecule has 3 aromatic carbocycles. The normalized spacial score (nSPS) is 19.5. The Hall–Kier alpha value is -3.90. The molecule has 0 spiro atoms. The summed E-state index contributed by atoms with van der Waals surface area (Å²) in [6.45, 7) is 0. The molecule has 0 N–H and O–H groups in total. The van der Waals surface area contributed by atoms with Crippen LogP contribution in [0.1, 0.15) is 42.0 Å². The maximum atomic E-state index is 5.63. The summed E-state index contributed by atoms with van der Waals surface area (Å²) in [5.41, 5.74) is 8.37. The smallest absolute Gasteiger partial charge is 0.174 e. The van der Waals surface area contributed by atoms with Crippen molar-refractivity contribution in [3.05, 3.63) is 112 Å². The first kappa shape index (κ1) is 24.4. The second kappa shape index (κ2) is 10.5. The zero-order valence-corrected chi connectivity index (χ0v) is 22.6. The van der Waals surface area contributed by atoms with Gasteiger partial charge in [-0.2, -0.15) is 0 Å². The summed E-state index contributed by atoms with van der Waals surface area (Å²) in [7, 11) is 5.13. The third-order valence-corrected chi connectivity index (χ3v) is 8.11. The van der Waals surface area contributed by atoms with Crippen LogP contribution < -0.4 is 14.2 Å². The summed E-state index contributed by atoms with van der Waals surface area (Å²) in [6.07, 6.45) is 5.36. The number of thioether (sulfide) groups is 1. The molecule has 2 aliphatic heterocycles. The molecular formula is C32H30N2O3S. The molecule has 0 radical (unpaired) electrons. The van der Waals surface area contributed by atoms with Gasteiger partial charge in [-0.15, -0.1) is 0 Å². The molecule has 0 bridgehead atoms. The lowest BCUT2D eigenvalue weighted by Crippen LogP contribution is -2.34. The zero-order valence-electron chi connectivity index (χ0n) is 21.8. The van der Waals surface area contributed by atoms with Crippen LogP contribution in [0.25, 0.3) is 11.8 Å². The molecule has 6 heteroatoms. The number of benzene rings is 3. The van der Waals surface area contributed by atoms with Gasteiger partial charge in [0.15, 0.2) is 5.17 Å². The SMILES string of the molecule is COc1ccc(C2=CSC3=NC4=C(CCC/C4=C\c4cccc(OC)c4)[C@@H](c4cccc(OC)c4)N23)cc1. The molecule has 0 aromatic heterocycles. The van der Waals surface area contributed by atoms with Crippen molar-refractivity contribution in [2.45, 2.75) is 25.3 Å². The Kier molecular flexibility index (Phi) is 6.73. The van der Waals surface area contributed by atoms with Crippen LogP contribution in [0.2, 0.25) is 0 Å². The van der Waals surface area contributed by atoms with Crippen LogP contribution in [0, 0.1) is 0 Å². The Labute approximate surface area is 228 Å². The summed E-state index contributed by atoms with van der Waals surface area (Å²) in [4.78, 5) is 7.69. The third-order valence-electron chi connectivity index (χ3n) is 7.27. The Balaban J connectivity index is 1.48. The Morgan fingerprint density at radius 3 is 2.34 bits per heavy atom. The van der Waals surface area contributed by atoms with E-state index in [1.54, 1.807) is 33.1 Å². The van der Waals surface area contributed by atoms with E-state index in [1.165, 1.54) is 16.7 Å². The van der Waals surface area contributed by atoms with Crippen molar-refractivity contribution >= 4 is 28.7 Å². The molecule has 3 aliphatic rings. The fraction of sp³-hybridized carbons (Fsp3) is 0.219. The van der Waals surface area contributed by atoms with E-state index in [9.17, 15) is 0 Å². The molecule has 1 atom stereocenters. The van der Waals surface area contributed by atoms with Crippen LogP contribution in [0.5, 0.6) is 17.2 Å². The number of nitrogens with zero attached hydrogens (tertiary/aromatic N) is 2. The molecule has 2 heterocycles. The number of hydrogen-bond donors (Lipinski definition) is 0. The second-order valence-corrected chi connectivity index (χ2v) is 10.3. The molecule has 1 aliphatic carbocycles. The van der Waals surface area contributed by atoms with E-state index in [4.69, 9.17) is 19.2 Å². The predicted molar refractivity (Wildman–Crippen MR) is 155 cm³/mol. The molecule has 6 rings (SSSR count). The van der Waals surface area contributed by atoms with E-state index in [1.807, 2.05) is 30.3 Å². The van der Waals surface area contributed by atoms with E-state index in [0.717, 1.165) is 64.2 Å². The summed E-state index contributed by atoms with van der Waals surface area (Å²) in [5, 5.41) is 3.22. The highest BCUT2D eigenvalue weighted by Crippen LogP contribution is 2.51. The number of allylic oxidation sites excluding steroid dienone is 1. The monoisotopic (exact) mass is 522 g/mol. The first-order chi connectivity index (χ1) is 18.7. The van der Waals surface area contributed by atoms with Crippen LogP contribution >= 0.6 is 11.8 Å². The molecule has 0 saturated heterocycles. The van der Waals surface area contributed by atoms with Crippen LogP contribution in [0.3, 0.4) is 0 Å². The van der Waals surface area contributed by atoms with E-state index < -0.39 is 0 Å². The van der Waals surface area contributed by atoms with Crippen molar-refractivity contribution in [3.63, 3.8) is 0 Å². The van der Waals surface area contributed by atoms with Gasteiger partial charge in [-0.25, -0.2) is 4.99 Å². The van der Waals surface area contributed by atoms with Gasteiger partial charge in [-0.05, 0) is 102 Å². The summed E-state index contributed by atoms with van der Waals surface area (Å²) in [5.74, 6) is 2.57. The topological polar surface area (TPSA) is 43.3 Å². The highest BCUT2D eigenvalue weighted by Gasteiger charge is 2.40. The number of aliphatic imine (C=N–C) groups is 1. The van der Waals surface area contributed by atoms with Crippen molar-refractivity contribution in [2.75, 3.05) is 21.3 Å². The molecule has 38 heavy (non-hydrogen) atoms. The maximum Gasteiger partial charge on any atom is 0.174 e. The van der Waals surface area contributed by atoms with E-state index >= 15 is 0 Å². The van der Waals surface area contributed by atoms with Crippen LogP contribution in [0.15, 0.2) is 100 Å². The zero-order chi connectivity index (χ0) is 26.1. The lowest BCUT2D eigenvalue weighted by Gasteiger charge is -2.40. The van der Waals surface area contributed by atoms with Gasteiger partial charge in [0.2, 0.25) is 0 Å². The van der Waals surface area contributed by atoms with Crippen molar-refractivity contribution in [2.24, 2.45) is 4.99 Å². The highest BCUT2D eigenvalue weighted by atomic mass is 32.2. The fourth-order valence-electron chi connectivity index (χ4n) is 5.43. The minimum Gasteiger partial charge on any atom is -0.497 e. The van der Waals surface area contributed by atoms with Crippen molar-refractivity contribution in [3.8, 4) is 17.2 Å². The molecule has 5 nitrogen and oxygen atoms in total. The summed E-state index contributed by atoms with van der Waals surface area (Å²) < 4.78 is 16.5. The fourth-order valence-corrected chi connectivity index (χ4v) is 6.36. The van der Waals surface area contributed by atoms with Gasteiger partial charge in [0.25, 0.3) is 0 Å². The number of ether oxygens (including phenoxy) is 3. The maximum absolute atomic E-state index is 5.63. The number of methoxy groups -OCH3 is 3. The number of amidine groups is 1. The van der Waals surface area contributed by atoms with Gasteiger partial charge in [0.05, 0.1) is 38.8 Å². The van der Waals surface area contributed by atoms with Gasteiger partial charge in [0, 0.05) is 5.41 Å². The molecule has 0 saturated carbocycles. The van der Waals surface area contributed by atoms with Gasteiger partial charge in [0.1, 0.15) is 17.2 Å².